The second-order valence-electron chi connectivity index (χ2n) is 4.32. The van der Waals surface area contributed by atoms with Crippen LogP contribution in [0.1, 0.15) is 13.8 Å². The van der Waals surface area contributed by atoms with E-state index in [0.29, 0.717) is 5.02 Å². The SMILES string of the molecule is CN(CN=O)C(=O)C(C)(C)Sc1ccccc1Cl. The van der Waals surface area contributed by atoms with Crippen molar-refractivity contribution in [2.45, 2.75) is 23.5 Å². The first-order valence-corrected chi connectivity index (χ1v) is 6.56. The number of amides is 1. The Balaban J connectivity index is 2.84. The van der Waals surface area contributed by atoms with Crippen molar-refractivity contribution in [2.75, 3.05) is 13.7 Å². The molecule has 0 heterocycles. The Kier molecular flexibility index (Phi) is 5.16. The lowest BCUT2D eigenvalue weighted by Gasteiger charge is -2.27. The molecule has 4 nitrogen and oxygen atoms in total. The maximum atomic E-state index is 12.1. The van der Waals surface area contributed by atoms with E-state index in [2.05, 4.69) is 5.18 Å². The number of halogens is 1. The van der Waals surface area contributed by atoms with Crippen molar-refractivity contribution in [3.8, 4) is 0 Å². The standard InChI is InChI=1S/C12H15ClN2O2S/c1-12(2,11(16)15(3)8-14-17)18-10-7-5-4-6-9(10)13/h4-7H,8H2,1-3H3. The van der Waals surface area contributed by atoms with E-state index in [-0.39, 0.29) is 12.6 Å². The third kappa shape index (κ3) is 3.71. The van der Waals surface area contributed by atoms with E-state index in [0.717, 1.165) is 4.90 Å². The van der Waals surface area contributed by atoms with Gasteiger partial charge >= 0.3 is 0 Å². The van der Waals surface area contributed by atoms with E-state index in [4.69, 9.17) is 11.6 Å². The molecule has 0 unspecified atom stereocenters. The topological polar surface area (TPSA) is 49.7 Å². The van der Waals surface area contributed by atoms with E-state index in [9.17, 15) is 9.70 Å². The molecule has 0 N–H and O–H groups in total. The molecule has 0 spiro atoms. The quantitative estimate of drug-likeness (QED) is 0.616. The summed E-state index contributed by atoms with van der Waals surface area (Å²) in [7, 11) is 1.55. The maximum Gasteiger partial charge on any atom is 0.239 e. The molecule has 1 rings (SSSR count). The largest absolute Gasteiger partial charge is 0.322 e. The highest BCUT2D eigenvalue weighted by Gasteiger charge is 2.32. The smallest absolute Gasteiger partial charge is 0.239 e. The first-order valence-electron chi connectivity index (χ1n) is 5.36. The minimum absolute atomic E-state index is 0.147. The maximum absolute atomic E-state index is 12.1. The van der Waals surface area contributed by atoms with E-state index < -0.39 is 4.75 Å². The van der Waals surface area contributed by atoms with Crippen molar-refractivity contribution >= 4 is 29.3 Å². The van der Waals surface area contributed by atoms with Crippen LogP contribution in [0.5, 0.6) is 0 Å². The van der Waals surface area contributed by atoms with Crippen molar-refractivity contribution in [3.05, 3.63) is 34.2 Å². The van der Waals surface area contributed by atoms with E-state index >= 15 is 0 Å². The highest BCUT2D eigenvalue weighted by atomic mass is 35.5. The van der Waals surface area contributed by atoms with Gasteiger partial charge < -0.3 is 4.90 Å². The predicted octanol–water partition coefficient (Wildman–Crippen LogP) is 3.39. The Morgan fingerprint density at radius 2 is 2.06 bits per heavy atom. The van der Waals surface area contributed by atoms with Gasteiger partial charge in [0.05, 0.1) is 9.77 Å². The van der Waals surface area contributed by atoms with Gasteiger partial charge in [0, 0.05) is 11.9 Å². The van der Waals surface area contributed by atoms with Gasteiger partial charge in [0.1, 0.15) is 0 Å². The van der Waals surface area contributed by atoms with Gasteiger partial charge in [0.15, 0.2) is 6.67 Å². The fraction of sp³-hybridized carbons (Fsp3) is 0.417. The van der Waals surface area contributed by atoms with Crippen molar-refractivity contribution < 1.29 is 4.79 Å². The lowest BCUT2D eigenvalue weighted by atomic mass is 10.2. The van der Waals surface area contributed by atoms with Crippen LogP contribution >= 0.6 is 23.4 Å². The molecule has 6 heteroatoms. The third-order valence-corrected chi connectivity index (χ3v) is 4.04. The summed E-state index contributed by atoms with van der Waals surface area (Å²) in [6.07, 6.45) is 0. The molecule has 1 aromatic rings. The number of thioether (sulfide) groups is 1. The predicted molar refractivity (Wildman–Crippen MR) is 74.8 cm³/mol. The number of benzene rings is 1. The first kappa shape index (κ1) is 15.0. The molecular formula is C12H15ClN2O2S. The molecule has 0 radical (unpaired) electrons. The summed E-state index contributed by atoms with van der Waals surface area (Å²) in [5.41, 5.74) is 0. The molecule has 0 aliphatic heterocycles. The van der Waals surface area contributed by atoms with Crippen molar-refractivity contribution in [1.29, 1.82) is 0 Å². The molecule has 0 bridgehead atoms. The molecule has 0 aliphatic rings. The number of hydrogen-bond donors (Lipinski definition) is 0. The fourth-order valence-electron chi connectivity index (χ4n) is 1.46. The molecule has 0 saturated heterocycles. The molecule has 18 heavy (non-hydrogen) atoms. The molecule has 0 aliphatic carbocycles. The summed E-state index contributed by atoms with van der Waals surface area (Å²) < 4.78 is -0.704. The Labute approximate surface area is 116 Å². The number of rotatable bonds is 5. The Hall–Kier alpha value is -1.07. The summed E-state index contributed by atoms with van der Waals surface area (Å²) in [5.74, 6) is -0.160. The lowest BCUT2D eigenvalue weighted by molar-refractivity contribution is -0.131. The first-order chi connectivity index (χ1) is 8.38. The highest BCUT2D eigenvalue weighted by molar-refractivity contribution is 8.01. The second kappa shape index (κ2) is 6.20. The zero-order valence-corrected chi connectivity index (χ0v) is 12.1. The molecule has 1 amide bonds. The molecule has 0 atom stereocenters. The average Bonchev–Trinajstić information content (AvgIpc) is 2.31. The molecule has 1 aromatic carbocycles. The van der Waals surface area contributed by atoms with Crippen LogP contribution in [0.2, 0.25) is 5.02 Å². The fourth-order valence-corrected chi connectivity index (χ4v) is 2.81. The number of hydrogen-bond acceptors (Lipinski definition) is 4. The van der Waals surface area contributed by atoms with Gasteiger partial charge in [-0.15, -0.1) is 16.7 Å². The number of carbonyl (C=O) groups excluding carboxylic acids is 1. The van der Waals surface area contributed by atoms with Crippen LogP contribution in [0.15, 0.2) is 34.3 Å². The molecule has 0 fully saturated rings. The number of carbonyl (C=O) groups is 1. The summed E-state index contributed by atoms with van der Waals surface area (Å²) >= 11 is 7.43. The monoisotopic (exact) mass is 286 g/mol. The number of nitroso groups, excluding NO2 is 1. The second-order valence-corrected chi connectivity index (χ2v) is 6.39. The van der Waals surface area contributed by atoms with Crippen LogP contribution in [-0.2, 0) is 4.79 Å². The van der Waals surface area contributed by atoms with Gasteiger partial charge in [-0.05, 0) is 31.2 Å². The zero-order valence-electron chi connectivity index (χ0n) is 10.5. The highest BCUT2D eigenvalue weighted by Crippen LogP contribution is 2.37. The van der Waals surface area contributed by atoms with Gasteiger partial charge in [-0.2, -0.15) is 0 Å². The minimum Gasteiger partial charge on any atom is -0.322 e. The summed E-state index contributed by atoms with van der Waals surface area (Å²) in [5, 5.41) is 3.33. The van der Waals surface area contributed by atoms with Crippen LogP contribution < -0.4 is 0 Å². The van der Waals surface area contributed by atoms with Gasteiger partial charge in [-0.25, -0.2) is 0 Å². The summed E-state index contributed by atoms with van der Waals surface area (Å²) in [4.78, 5) is 24.5. The molecule has 0 saturated carbocycles. The average molecular weight is 287 g/mol. The Morgan fingerprint density at radius 3 is 2.61 bits per heavy atom. The van der Waals surface area contributed by atoms with Crippen LogP contribution in [0.4, 0.5) is 0 Å². The van der Waals surface area contributed by atoms with Gasteiger partial charge in [0.2, 0.25) is 5.91 Å². The third-order valence-electron chi connectivity index (χ3n) is 2.33. The van der Waals surface area contributed by atoms with Crippen LogP contribution in [0.25, 0.3) is 0 Å². The van der Waals surface area contributed by atoms with E-state index in [1.807, 2.05) is 18.2 Å². The van der Waals surface area contributed by atoms with Crippen LogP contribution in [0, 0.1) is 4.91 Å². The van der Waals surface area contributed by atoms with Crippen LogP contribution in [0.3, 0.4) is 0 Å². The Bertz CT molecular complexity index is 451. The van der Waals surface area contributed by atoms with E-state index in [1.165, 1.54) is 16.7 Å². The minimum atomic E-state index is -0.704. The van der Waals surface area contributed by atoms with E-state index in [1.54, 1.807) is 27.0 Å². The lowest BCUT2D eigenvalue weighted by Crippen LogP contribution is -2.41. The normalized spacial score (nSPS) is 11.1. The molecular weight excluding hydrogens is 272 g/mol. The zero-order chi connectivity index (χ0) is 13.8. The van der Waals surface area contributed by atoms with Crippen molar-refractivity contribution in [1.82, 2.24) is 4.90 Å². The number of nitrogens with zero attached hydrogens (tertiary/aromatic N) is 2. The molecule has 0 aromatic heterocycles. The van der Waals surface area contributed by atoms with Gasteiger partial charge in [-0.1, -0.05) is 23.7 Å². The van der Waals surface area contributed by atoms with Gasteiger partial charge in [0.25, 0.3) is 0 Å². The van der Waals surface area contributed by atoms with Crippen molar-refractivity contribution in [3.63, 3.8) is 0 Å². The Morgan fingerprint density at radius 1 is 1.44 bits per heavy atom. The van der Waals surface area contributed by atoms with Gasteiger partial charge in [-0.3, -0.25) is 4.79 Å². The summed E-state index contributed by atoms with van der Waals surface area (Å²) in [6.45, 7) is 3.45. The summed E-state index contributed by atoms with van der Waals surface area (Å²) in [6, 6.07) is 7.34. The van der Waals surface area contributed by atoms with Crippen molar-refractivity contribution in [2.24, 2.45) is 5.18 Å². The van der Waals surface area contributed by atoms with Crippen LogP contribution in [-0.4, -0.2) is 29.3 Å². The molecule has 98 valence electrons.